The molecule has 2 aliphatic heterocycles. The molecule has 5 rings (SSSR count). The van der Waals surface area contributed by atoms with Crippen LogP contribution in [0.2, 0.25) is 0 Å². The Hall–Kier alpha value is -3.81. The minimum absolute atomic E-state index is 0.103. The Morgan fingerprint density at radius 3 is 2.52 bits per heavy atom. The molecule has 0 fully saturated rings. The van der Waals surface area contributed by atoms with Crippen LogP contribution in [-0.4, -0.2) is 27.9 Å². The van der Waals surface area contributed by atoms with E-state index in [1.165, 1.54) is 17.1 Å². The van der Waals surface area contributed by atoms with Crippen molar-refractivity contribution in [2.75, 3.05) is 5.01 Å². The lowest BCUT2D eigenvalue weighted by Gasteiger charge is -2.30. The summed E-state index contributed by atoms with van der Waals surface area (Å²) in [4.78, 5) is 38.3. The van der Waals surface area contributed by atoms with Crippen molar-refractivity contribution < 1.29 is 19.2 Å². The summed E-state index contributed by atoms with van der Waals surface area (Å²) in [5, 5.41) is 17.3. The number of anilines is 1. The predicted octanol–water partition coefficient (Wildman–Crippen LogP) is 4.51. The molecule has 0 bridgehead atoms. The average molecular weight is 445 g/mol. The Morgan fingerprint density at radius 2 is 1.82 bits per heavy atom. The number of nitrogens with zero attached hydrogens (tertiary/aromatic N) is 3. The van der Waals surface area contributed by atoms with Crippen LogP contribution in [0.4, 0.5) is 11.4 Å². The Bertz CT molecular complexity index is 1260. The van der Waals surface area contributed by atoms with Gasteiger partial charge in [0, 0.05) is 30.5 Å². The highest BCUT2D eigenvalue weighted by Crippen LogP contribution is 2.56. The van der Waals surface area contributed by atoms with E-state index in [0.717, 1.165) is 0 Å². The highest BCUT2D eigenvalue weighted by Gasteiger charge is 2.65. The number of non-ortho nitro benzene ring substituents is 1. The highest BCUT2D eigenvalue weighted by molar-refractivity contribution is 6.24. The Morgan fingerprint density at radius 1 is 1.09 bits per heavy atom. The van der Waals surface area contributed by atoms with Crippen molar-refractivity contribution in [2.45, 2.75) is 45.1 Å². The van der Waals surface area contributed by atoms with Crippen LogP contribution in [0.1, 0.15) is 45.1 Å². The average Bonchev–Trinajstić information content (AvgIpc) is 3.24. The SMILES string of the molecule is CC1=NN(c2ccccc2)C(=O)[C@]12OC1=C(C(=O)CC(C)(C)C1)[C@@H]2c1cccc([N+](=O)[O-])c1. The minimum atomic E-state index is -1.56. The maximum absolute atomic E-state index is 14.0. The van der Waals surface area contributed by atoms with Gasteiger partial charge in [-0.15, -0.1) is 0 Å². The maximum atomic E-state index is 14.0. The second-order valence-electron chi connectivity index (χ2n) is 9.54. The van der Waals surface area contributed by atoms with Crippen molar-refractivity contribution in [3.8, 4) is 0 Å². The number of carbonyl (C=O) groups excluding carboxylic acids is 2. The van der Waals surface area contributed by atoms with Gasteiger partial charge in [0.15, 0.2) is 5.78 Å². The molecule has 8 nitrogen and oxygen atoms in total. The van der Waals surface area contributed by atoms with Crippen LogP contribution >= 0.6 is 0 Å². The van der Waals surface area contributed by atoms with Crippen LogP contribution in [0.15, 0.2) is 71.0 Å². The highest BCUT2D eigenvalue weighted by atomic mass is 16.6. The van der Waals surface area contributed by atoms with Crippen molar-refractivity contribution in [1.82, 2.24) is 0 Å². The summed E-state index contributed by atoms with van der Waals surface area (Å²) in [6, 6.07) is 15.1. The quantitative estimate of drug-likeness (QED) is 0.511. The molecule has 1 aliphatic carbocycles. The third kappa shape index (κ3) is 3.08. The van der Waals surface area contributed by atoms with E-state index in [4.69, 9.17) is 4.74 Å². The first-order valence-corrected chi connectivity index (χ1v) is 10.8. The second kappa shape index (κ2) is 7.10. The number of allylic oxidation sites excluding steroid dienone is 1. The zero-order chi connectivity index (χ0) is 23.5. The van der Waals surface area contributed by atoms with Crippen LogP contribution in [-0.2, 0) is 14.3 Å². The largest absolute Gasteiger partial charge is 0.474 e. The number of rotatable bonds is 3. The van der Waals surface area contributed by atoms with Gasteiger partial charge in [-0.3, -0.25) is 19.7 Å². The van der Waals surface area contributed by atoms with Gasteiger partial charge >= 0.3 is 0 Å². The molecule has 1 amide bonds. The minimum Gasteiger partial charge on any atom is -0.474 e. The molecule has 3 aliphatic rings. The lowest BCUT2D eigenvalue weighted by Crippen LogP contribution is -2.50. The molecule has 2 aromatic rings. The fourth-order valence-electron chi connectivity index (χ4n) is 5.14. The van der Waals surface area contributed by atoms with Gasteiger partial charge in [-0.1, -0.05) is 44.2 Å². The van der Waals surface area contributed by atoms with Gasteiger partial charge < -0.3 is 4.74 Å². The van der Waals surface area contributed by atoms with Crippen molar-refractivity contribution in [1.29, 1.82) is 0 Å². The third-order valence-corrected chi connectivity index (χ3v) is 6.57. The number of hydrazone groups is 1. The van der Waals surface area contributed by atoms with Gasteiger partial charge in [0.05, 0.1) is 22.2 Å². The molecule has 0 unspecified atom stereocenters. The number of benzene rings is 2. The molecular formula is C25H23N3O5. The van der Waals surface area contributed by atoms with Gasteiger partial charge in [0.2, 0.25) is 5.60 Å². The lowest BCUT2D eigenvalue weighted by molar-refractivity contribution is -0.384. The van der Waals surface area contributed by atoms with Crippen molar-refractivity contribution >= 4 is 28.8 Å². The van der Waals surface area contributed by atoms with Crippen molar-refractivity contribution in [2.24, 2.45) is 10.5 Å². The van der Waals surface area contributed by atoms with Gasteiger partial charge in [0.1, 0.15) is 5.76 Å². The van der Waals surface area contributed by atoms with E-state index in [9.17, 15) is 19.7 Å². The fourth-order valence-corrected chi connectivity index (χ4v) is 5.14. The maximum Gasteiger partial charge on any atom is 0.298 e. The molecule has 33 heavy (non-hydrogen) atoms. The normalized spacial score (nSPS) is 25.8. The molecule has 2 heterocycles. The number of carbonyl (C=O) groups is 2. The van der Waals surface area contributed by atoms with Crippen molar-refractivity contribution in [3.05, 3.63) is 81.6 Å². The van der Waals surface area contributed by atoms with E-state index in [1.807, 2.05) is 19.9 Å². The van der Waals surface area contributed by atoms with E-state index >= 15 is 0 Å². The number of Topliss-reactive ketones (excluding diaryl/α,β-unsaturated/α-hetero) is 1. The van der Waals surface area contributed by atoms with Crippen LogP contribution < -0.4 is 5.01 Å². The summed E-state index contributed by atoms with van der Waals surface area (Å²) in [7, 11) is 0. The summed E-state index contributed by atoms with van der Waals surface area (Å²) in [6.45, 7) is 5.68. The van der Waals surface area contributed by atoms with Crippen LogP contribution in [0, 0.1) is 15.5 Å². The Balaban J connectivity index is 1.70. The fraction of sp³-hybridized carbons (Fsp3) is 0.320. The summed E-state index contributed by atoms with van der Waals surface area (Å²) in [6.07, 6.45) is 0.802. The topological polar surface area (TPSA) is 102 Å². The molecule has 1 spiro atoms. The summed E-state index contributed by atoms with van der Waals surface area (Å²) in [5.41, 5.74) is -0.0933. The first kappa shape index (κ1) is 21.1. The number of amides is 1. The summed E-state index contributed by atoms with van der Waals surface area (Å²) < 4.78 is 6.43. The van der Waals surface area contributed by atoms with E-state index in [-0.39, 0.29) is 16.9 Å². The smallest absolute Gasteiger partial charge is 0.298 e. The van der Waals surface area contributed by atoms with Crippen LogP contribution in [0.25, 0.3) is 0 Å². The number of hydrogen-bond acceptors (Lipinski definition) is 6. The first-order chi connectivity index (χ1) is 15.6. The first-order valence-electron chi connectivity index (χ1n) is 10.8. The molecule has 0 N–H and O–H groups in total. The number of nitro groups is 1. The molecule has 0 saturated carbocycles. The van der Waals surface area contributed by atoms with Gasteiger partial charge in [-0.25, -0.2) is 0 Å². The van der Waals surface area contributed by atoms with E-state index in [2.05, 4.69) is 5.10 Å². The van der Waals surface area contributed by atoms with Crippen LogP contribution in [0.3, 0.4) is 0 Å². The van der Waals surface area contributed by atoms with Gasteiger partial charge in [0.25, 0.3) is 11.6 Å². The molecular weight excluding hydrogens is 422 g/mol. The van der Waals surface area contributed by atoms with E-state index in [0.29, 0.717) is 41.1 Å². The number of para-hydroxylation sites is 1. The number of nitro benzene ring substituents is 1. The molecule has 2 atom stereocenters. The lowest BCUT2D eigenvalue weighted by atomic mass is 9.69. The molecule has 0 radical (unpaired) electrons. The van der Waals surface area contributed by atoms with Gasteiger partial charge in [-0.05, 0) is 30.0 Å². The van der Waals surface area contributed by atoms with Crippen LogP contribution in [0.5, 0.6) is 0 Å². The monoisotopic (exact) mass is 445 g/mol. The standard InChI is InChI=1S/C25H23N3O5/c1-15-25(23(30)27(26-15)17-9-5-4-6-10-17)22(16-8-7-11-18(12-16)28(31)32)21-19(29)13-24(2,3)14-20(21)33-25/h4-12,22H,13-14H2,1-3H3/t22-,25-/m0/s1. The third-order valence-electron chi connectivity index (χ3n) is 6.57. The molecule has 8 heteroatoms. The summed E-state index contributed by atoms with van der Waals surface area (Å²) in [5.74, 6) is -0.859. The molecule has 0 saturated heterocycles. The molecule has 168 valence electrons. The Kier molecular flexibility index (Phi) is 4.53. The zero-order valence-electron chi connectivity index (χ0n) is 18.6. The number of hydrogen-bond donors (Lipinski definition) is 0. The summed E-state index contributed by atoms with van der Waals surface area (Å²) >= 11 is 0. The Labute approximate surface area is 190 Å². The van der Waals surface area contributed by atoms with Crippen molar-refractivity contribution in [3.63, 3.8) is 0 Å². The molecule has 2 aromatic carbocycles. The van der Waals surface area contributed by atoms with E-state index in [1.54, 1.807) is 43.3 Å². The van der Waals surface area contributed by atoms with E-state index < -0.39 is 22.3 Å². The zero-order valence-corrected chi connectivity index (χ0v) is 18.6. The number of ketones is 1. The second-order valence-corrected chi connectivity index (χ2v) is 9.54. The van der Waals surface area contributed by atoms with Gasteiger partial charge in [-0.2, -0.15) is 10.1 Å². The predicted molar refractivity (Wildman–Crippen MR) is 122 cm³/mol. The molecule has 0 aromatic heterocycles. The number of ether oxygens (including phenoxy) is 1.